The van der Waals surface area contributed by atoms with Crippen LogP contribution in [0.2, 0.25) is 5.02 Å². The molecule has 3 aromatic rings. The minimum atomic E-state index is -4.08. The molecule has 0 amide bonds. The molecule has 0 fully saturated rings. The molecule has 0 aromatic heterocycles. The third-order valence-corrected chi connectivity index (χ3v) is 7.22. The Labute approximate surface area is 187 Å². The molecule has 0 bridgehead atoms. The van der Waals surface area contributed by atoms with Crippen LogP contribution < -0.4 is 9.62 Å². The van der Waals surface area contributed by atoms with E-state index >= 15 is 0 Å². The number of hydrogen-bond donors (Lipinski definition) is 1. The average Bonchev–Trinajstić information content (AvgIpc) is 2.74. The number of allylic oxidation sites excluding steroid dienone is 1. The number of hydrogen-bond acceptors (Lipinski definition) is 4. The lowest BCUT2D eigenvalue weighted by atomic mass is 10.1. The smallest absolute Gasteiger partial charge is 0.270 e. The fraction of sp³-hybridized carbons (Fsp3) is 0.125. The van der Waals surface area contributed by atoms with Gasteiger partial charge < -0.3 is 5.32 Å². The van der Waals surface area contributed by atoms with Crippen LogP contribution in [-0.4, -0.2) is 14.2 Å². The highest BCUT2D eigenvalue weighted by atomic mass is 35.5. The van der Waals surface area contributed by atoms with Crippen LogP contribution in [0.25, 0.3) is 0 Å². The molecule has 3 aromatic carbocycles. The minimum Gasteiger partial charge on any atom is -0.360 e. The summed E-state index contributed by atoms with van der Waals surface area (Å²) in [5.74, 6) is -0.527. The van der Waals surface area contributed by atoms with Gasteiger partial charge in [-0.2, -0.15) is 0 Å². The molecule has 0 radical (unpaired) electrons. The first-order valence-corrected chi connectivity index (χ1v) is 11.5. The summed E-state index contributed by atoms with van der Waals surface area (Å²) in [5, 5.41) is 3.59. The first-order chi connectivity index (χ1) is 14.8. The van der Waals surface area contributed by atoms with Crippen molar-refractivity contribution in [1.82, 2.24) is 0 Å². The first kappa shape index (κ1) is 21.2. The normalized spacial score (nSPS) is 16.3. The van der Waals surface area contributed by atoms with Crippen LogP contribution in [0, 0.1) is 13.8 Å². The van der Waals surface area contributed by atoms with Gasteiger partial charge in [-0.15, -0.1) is 0 Å². The number of halogens is 1. The zero-order chi connectivity index (χ0) is 22.2. The number of para-hydroxylation sites is 1. The van der Waals surface area contributed by atoms with Gasteiger partial charge in [-0.1, -0.05) is 48.0 Å². The number of ketones is 1. The number of fused-ring (bicyclic) bond motifs is 1. The zero-order valence-electron chi connectivity index (χ0n) is 17.1. The summed E-state index contributed by atoms with van der Waals surface area (Å²) >= 11 is 5.96. The number of aryl methyl sites for hydroxylation is 2. The van der Waals surface area contributed by atoms with E-state index in [0.717, 1.165) is 22.4 Å². The van der Waals surface area contributed by atoms with Crippen LogP contribution in [0.1, 0.15) is 27.0 Å². The van der Waals surface area contributed by atoms with E-state index in [-0.39, 0.29) is 11.4 Å². The second kappa shape index (κ2) is 8.21. The fourth-order valence-electron chi connectivity index (χ4n) is 3.48. The number of anilines is 2. The average molecular weight is 453 g/mol. The molecular weight excluding hydrogens is 432 g/mol. The lowest BCUT2D eigenvalue weighted by molar-refractivity contribution is 0.104. The van der Waals surface area contributed by atoms with E-state index in [9.17, 15) is 13.2 Å². The molecule has 0 atom stereocenters. The summed E-state index contributed by atoms with van der Waals surface area (Å²) in [6.07, 6.45) is 1.30. The Kier molecular flexibility index (Phi) is 5.60. The molecule has 1 heterocycles. The first-order valence-electron chi connectivity index (χ1n) is 9.72. The summed E-state index contributed by atoms with van der Waals surface area (Å²) in [4.78, 5) is 12.8. The molecule has 5 nitrogen and oxygen atoms in total. The van der Waals surface area contributed by atoms with Crippen molar-refractivity contribution in [2.45, 2.75) is 20.4 Å². The van der Waals surface area contributed by atoms with Gasteiger partial charge in [-0.25, -0.2) is 8.42 Å². The summed E-state index contributed by atoms with van der Waals surface area (Å²) in [6.45, 7) is 3.95. The number of nitrogens with one attached hydrogen (secondary N) is 1. The van der Waals surface area contributed by atoms with Gasteiger partial charge in [0.1, 0.15) is 0 Å². The van der Waals surface area contributed by atoms with Crippen molar-refractivity contribution in [3.05, 3.63) is 105 Å². The largest absolute Gasteiger partial charge is 0.360 e. The quantitative estimate of drug-likeness (QED) is 0.535. The van der Waals surface area contributed by atoms with E-state index in [2.05, 4.69) is 5.32 Å². The topological polar surface area (TPSA) is 66.5 Å². The van der Waals surface area contributed by atoms with Gasteiger partial charge in [0.2, 0.25) is 5.78 Å². The van der Waals surface area contributed by atoms with Gasteiger partial charge in [0, 0.05) is 22.5 Å². The number of nitrogens with zero attached hydrogens (tertiary/aromatic N) is 1. The zero-order valence-corrected chi connectivity index (χ0v) is 18.7. The Hall–Kier alpha value is -3.09. The number of rotatable bonds is 4. The van der Waals surface area contributed by atoms with Gasteiger partial charge in [0.25, 0.3) is 10.0 Å². The fourth-order valence-corrected chi connectivity index (χ4v) is 5.13. The lowest BCUT2D eigenvalue weighted by Gasteiger charge is -2.31. The van der Waals surface area contributed by atoms with Crippen molar-refractivity contribution >= 4 is 38.8 Å². The second-order valence-corrected chi connectivity index (χ2v) is 9.72. The van der Waals surface area contributed by atoms with Gasteiger partial charge in [-0.3, -0.25) is 9.10 Å². The van der Waals surface area contributed by atoms with Crippen LogP contribution in [0.4, 0.5) is 11.4 Å². The molecule has 0 saturated heterocycles. The van der Waals surface area contributed by atoms with Gasteiger partial charge in [-0.05, 0) is 60.9 Å². The highest BCUT2D eigenvalue weighted by Crippen LogP contribution is 2.36. The molecule has 0 spiro atoms. The van der Waals surface area contributed by atoms with E-state index in [1.807, 2.05) is 32.0 Å². The van der Waals surface area contributed by atoms with E-state index in [4.69, 9.17) is 11.6 Å². The van der Waals surface area contributed by atoms with E-state index in [1.165, 1.54) is 10.5 Å². The summed E-state index contributed by atoms with van der Waals surface area (Å²) in [5.41, 5.74) is 4.20. The number of benzene rings is 3. The number of carbonyl (C=O) groups is 1. The van der Waals surface area contributed by atoms with Crippen LogP contribution in [0.3, 0.4) is 0 Å². The van der Waals surface area contributed by atoms with Gasteiger partial charge >= 0.3 is 0 Å². The molecule has 4 rings (SSSR count). The van der Waals surface area contributed by atoms with Gasteiger partial charge in [0.05, 0.1) is 12.2 Å². The predicted octanol–water partition coefficient (Wildman–Crippen LogP) is 5.44. The van der Waals surface area contributed by atoms with Crippen molar-refractivity contribution in [1.29, 1.82) is 0 Å². The SMILES string of the molecule is Cc1ccc(C)c(NC=C2C(=O)c3ccccc3N(Cc3ccc(Cl)cc3)S2(=O)=O)c1. The van der Waals surface area contributed by atoms with Crippen molar-refractivity contribution in [2.75, 3.05) is 9.62 Å². The minimum absolute atomic E-state index is 0.0879. The van der Waals surface area contributed by atoms with Gasteiger partial charge in [0.15, 0.2) is 4.91 Å². The summed E-state index contributed by atoms with van der Waals surface area (Å²) in [7, 11) is -4.08. The van der Waals surface area contributed by atoms with Crippen molar-refractivity contribution < 1.29 is 13.2 Å². The highest BCUT2D eigenvalue weighted by molar-refractivity contribution is 7.97. The molecule has 1 N–H and O–H groups in total. The third kappa shape index (κ3) is 4.09. The maximum absolute atomic E-state index is 13.5. The predicted molar refractivity (Wildman–Crippen MR) is 125 cm³/mol. The molecule has 7 heteroatoms. The maximum atomic E-state index is 13.5. The molecule has 0 saturated carbocycles. The Morgan fingerprint density at radius 2 is 1.71 bits per heavy atom. The third-order valence-electron chi connectivity index (χ3n) is 5.20. The van der Waals surface area contributed by atoms with Crippen LogP contribution >= 0.6 is 11.6 Å². The van der Waals surface area contributed by atoms with Crippen LogP contribution in [0.5, 0.6) is 0 Å². The molecule has 158 valence electrons. The Balaban J connectivity index is 1.79. The molecule has 1 aliphatic rings. The molecule has 0 aliphatic carbocycles. The number of carbonyl (C=O) groups excluding carboxylic acids is 1. The van der Waals surface area contributed by atoms with Crippen molar-refractivity contribution in [3.63, 3.8) is 0 Å². The number of Topliss-reactive ketones (excluding diaryl/α,β-unsaturated/α-hetero) is 1. The molecular formula is C24H21ClN2O3S. The second-order valence-electron chi connectivity index (χ2n) is 7.46. The van der Waals surface area contributed by atoms with E-state index in [1.54, 1.807) is 48.5 Å². The van der Waals surface area contributed by atoms with E-state index in [0.29, 0.717) is 16.3 Å². The molecule has 1 aliphatic heterocycles. The maximum Gasteiger partial charge on any atom is 0.270 e. The summed E-state index contributed by atoms with van der Waals surface area (Å²) < 4.78 is 28.3. The Morgan fingerprint density at radius 3 is 2.45 bits per heavy atom. The standard InChI is InChI=1S/C24H21ClN2O3S/c1-16-7-8-17(2)21(13-16)26-14-23-24(28)20-5-3-4-6-22(20)27(31(23,29)30)15-18-9-11-19(25)12-10-18/h3-14,26H,15H2,1-2H3. The molecule has 31 heavy (non-hydrogen) atoms. The Bertz CT molecular complexity index is 1300. The van der Waals surface area contributed by atoms with E-state index < -0.39 is 15.8 Å². The number of sulfonamides is 1. The van der Waals surface area contributed by atoms with Crippen LogP contribution in [-0.2, 0) is 16.6 Å². The monoisotopic (exact) mass is 452 g/mol. The van der Waals surface area contributed by atoms with Crippen molar-refractivity contribution in [3.8, 4) is 0 Å². The lowest BCUT2D eigenvalue weighted by Crippen LogP contribution is -2.39. The Morgan fingerprint density at radius 1 is 1.00 bits per heavy atom. The highest BCUT2D eigenvalue weighted by Gasteiger charge is 2.40. The summed E-state index contributed by atoms with van der Waals surface area (Å²) in [6, 6.07) is 19.5. The molecule has 0 unspecified atom stereocenters. The van der Waals surface area contributed by atoms with Crippen molar-refractivity contribution in [2.24, 2.45) is 0 Å². The van der Waals surface area contributed by atoms with Crippen LogP contribution in [0.15, 0.2) is 77.8 Å².